The third-order valence-corrected chi connectivity index (χ3v) is 6.24. The molecule has 3 atom stereocenters. The van der Waals surface area contributed by atoms with Crippen LogP contribution in [0.4, 0.5) is 5.69 Å². The number of thiophene rings is 1. The van der Waals surface area contributed by atoms with Gasteiger partial charge in [-0.1, -0.05) is 18.2 Å². The van der Waals surface area contributed by atoms with E-state index in [1.165, 1.54) is 10.4 Å². The van der Waals surface area contributed by atoms with Crippen LogP contribution in [-0.4, -0.2) is 26.2 Å². The average Bonchev–Trinajstić information content (AvgIpc) is 3.36. The van der Waals surface area contributed by atoms with Crippen molar-refractivity contribution in [3.63, 3.8) is 0 Å². The number of hydrogen-bond acceptors (Lipinski definition) is 4. The Morgan fingerprint density at radius 3 is 3.12 bits per heavy atom. The molecular formula is C21H24N2O2S. The van der Waals surface area contributed by atoms with Crippen LogP contribution in [0.15, 0.2) is 47.9 Å². The average molecular weight is 369 g/mol. The summed E-state index contributed by atoms with van der Waals surface area (Å²) in [7, 11) is 1.67. The molecule has 1 amide bonds. The van der Waals surface area contributed by atoms with E-state index in [9.17, 15) is 4.79 Å². The van der Waals surface area contributed by atoms with Crippen LogP contribution in [0, 0.1) is 5.92 Å². The van der Waals surface area contributed by atoms with Crippen molar-refractivity contribution in [3.8, 4) is 0 Å². The zero-order valence-electron chi connectivity index (χ0n) is 14.9. The van der Waals surface area contributed by atoms with Gasteiger partial charge in [0.1, 0.15) is 0 Å². The van der Waals surface area contributed by atoms with Gasteiger partial charge in [0.25, 0.3) is 5.91 Å². The van der Waals surface area contributed by atoms with Crippen LogP contribution in [0.5, 0.6) is 0 Å². The van der Waals surface area contributed by atoms with Gasteiger partial charge in [0.15, 0.2) is 0 Å². The van der Waals surface area contributed by atoms with Crippen LogP contribution in [0.2, 0.25) is 0 Å². The van der Waals surface area contributed by atoms with E-state index in [0.29, 0.717) is 31.0 Å². The van der Waals surface area contributed by atoms with Gasteiger partial charge in [-0.15, -0.1) is 11.3 Å². The van der Waals surface area contributed by atoms with Gasteiger partial charge >= 0.3 is 0 Å². The van der Waals surface area contributed by atoms with Crippen LogP contribution in [0.3, 0.4) is 0 Å². The highest BCUT2D eigenvalue weighted by molar-refractivity contribution is 7.10. The van der Waals surface area contributed by atoms with Crippen molar-refractivity contribution in [2.75, 3.05) is 25.6 Å². The van der Waals surface area contributed by atoms with Crippen LogP contribution < -0.4 is 10.6 Å². The number of allylic oxidation sites excluding steroid dienone is 2. The maximum absolute atomic E-state index is 12.4. The zero-order valence-corrected chi connectivity index (χ0v) is 15.7. The SMILES string of the molecule is COCCCNC(=O)c1ccc2c(c1)C1C=CCC1C(c1cccs1)N2. The van der Waals surface area contributed by atoms with Gasteiger partial charge in [0, 0.05) is 42.3 Å². The molecule has 136 valence electrons. The van der Waals surface area contributed by atoms with Gasteiger partial charge in [-0.05, 0) is 54.0 Å². The summed E-state index contributed by atoms with van der Waals surface area (Å²) in [6, 6.07) is 10.7. The lowest BCUT2D eigenvalue weighted by atomic mass is 9.78. The van der Waals surface area contributed by atoms with Gasteiger partial charge in [0.2, 0.25) is 0 Å². The molecule has 2 aromatic rings. The maximum atomic E-state index is 12.4. The number of anilines is 1. The summed E-state index contributed by atoms with van der Waals surface area (Å²) >= 11 is 1.81. The number of nitrogens with one attached hydrogen (secondary N) is 2. The van der Waals surface area contributed by atoms with Crippen molar-refractivity contribution in [3.05, 3.63) is 63.9 Å². The Morgan fingerprint density at radius 1 is 1.38 bits per heavy atom. The van der Waals surface area contributed by atoms with Crippen LogP contribution in [0.1, 0.15) is 45.6 Å². The minimum atomic E-state index is -0.0113. The summed E-state index contributed by atoms with van der Waals surface area (Å²) in [5.74, 6) is 0.878. The summed E-state index contributed by atoms with van der Waals surface area (Å²) in [5.41, 5.74) is 3.12. The fraction of sp³-hybridized carbons (Fsp3) is 0.381. The van der Waals surface area contributed by atoms with E-state index in [4.69, 9.17) is 4.74 Å². The molecule has 1 aromatic heterocycles. The summed E-state index contributed by atoms with van der Waals surface area (Å²) in [5, 5.41) is 8.83. The largest absolute Gasteiger partial charge is 0.385 e. The van der Waals surface area contributed by atoms with Crippen molar-refractivity contribution in [1.82, 2.24) is 5.32 Å². The van der Waals surface area contributed by atoms with E-state index in [0.717, 1.165) is 24.1 Å². The van der Waals surface area contributed by atoms with Gasteiger partial charge in [-0.3, -0.25) is 4.79 Å². The van der Waals surface area contributed by atoms with Gasteiger partial charge in [0.05, 0.1) is 6.04 Å². The molecule has 1 aliphatic carbocycles. The van der Waals surface area contributed by atoms with Crippen molar-refractivity contribution in [2.45, 2.75) is 24.8 Å². The normalized spacial score (nSPS) is 23.2. The van der Waals surface area contributed by atoms with Gasteiger partial charge in [-0.25, -0.2) is 0 Å². The lowest BCUT2D eigenvalue weighted by Gasteiger charge is -2.37. The predicted molar refractivity (Wildman–Crippen MR) is 106 cm³/mol. The van der Waals surface area contributed by atoms with Crippen LogP contribution in [0.25, 0.3) is 0 Å². The van der Waals surface area contributed by atoms with E-state index in [1.807, 2.05) is 17.4 Å². The first-order valence-corrected chi connectivity index (χ1v) is 10.0. The molecule has 3 unspecified atom stereocenters. The first kappa shape index (κ1) is 17.3. The highest BCUT2D eigenvalue weighted by atomic mass is 32.1. The smallest absolute Gasteiger partial charge is 0.251 e. The Kier molecular flexibility index (Phi) is 5.09. The molecule has 4 nitrogen and oxygen atoms in total. The summed E-state index contributed by atoms with van der Waals surface area (Å²) in [6.07, 6.45) is 6.49. The van der Waals surface area contributed by atoms with Crippen LogP contribution in [-0.2, 0) is 4.74 Å². The molecule has 0 bridgehead atoms. The molecule has 0 spiro atoms. The molecule has 1 aromatic carbocycles. The number of carbonyl (C=O) groups excluding carboxylic acids is 1. The molecule has 0 saturated heterocycles. The molecule has 0 radical (unpaired) electrons. The molecular weight excluding hydrogens is 344 g/mol. The fourth-order valence-corrected chi connectivity index (χ4v) is 4.86. The number of hydrogen-bond donors (Lipinski definition) is 2. The van der Waals surface area contributed by atoms with Gasteiger partial charge in [-0.2, -0.15) is 0 Å². The monoisotopic (exact) mass is 368 g/mol. The Labute approximate surface area is 158 Å². The number of rotatable bonds is 6. The quantitative estimate of drug-likeness (QED) is 0.589. The van der Waals surface area contributed by atoms with Crippen LogP contribution >= 0.6 is 11.3 Å². The molecule has 2 heterocycles. The summed E-state index contributed by atoms with van der Waals surface area (Å²) in [6.45, 7) is 1.29. The number of benzene rings is 1. The number of amides is 1. The van der Waals surface area contributed by atoms with E-state index >= 15 is 0 Å². The summed E-state index contributed by atoms with van der Waals surface area (Å²) in [4.78, 5) is 13.8. The highest BCUT2D eigenvalue weighted by Crippen LogP contribution is 2.50. The second kappa shape index (κ2) is 7.64. The number of fused-ring (bicyclic) bond motifs is 3. The molecule has 2 N–H and O–H groups in total. The first-order chi connectivity index (χ1) is 12.8. The molecule has 0 saturated carbocycles. The number of carbonyl (C=O) groups is 1. The number of ether oxygens (including phenoxy) is 1. The lowest BCUT2D eigenvalue weighted by Crippen LogP contribution is -2.29. The van der Waals surface area contributed by atoms with Crippen molar-refractivity contribution in [2.24, 2.45) is 5.92 Å². The summed E-state index contributed by atoms with van der Waals surface area (Å²) < 4.78 is 5.03. The fourth-order valence-electron chi connectivity index (χ4n) is 4.01. The highest BCUT2D eigenvalue weighted by Gasteiger charge is 2.38. The third kappa shape index (κ3) is 3.29. The van der Waals surface area contributed by atoms with Crippen molar-refractivity contribution < 1.29 is 9.53 Å². The maximum Gasteiger partial charge on any atom is 0.251 e. The van der Waals surface area contributed by atoms with E-state index in [1.54, 1.807) is 7.11 Å². The predicted octanol–water partition coefficient (Wildman–Crippen LogP) is 4.34. The van der Waals surface area contributed by atoms with Gasteiger partial charge < -0.3 is 15.4 Å². The minimum absolute atomic E-state index is 0.0113. The topological polar surface area (TPSA) is 50.4 Å². The molecule has 1 aliphatic heterocycles. The molecule has 4 rings (SSSR count). The molecule has 0 fully saturated rings. The Bertz CT molecular complexity index is 800. The first-order valence-electron chi connectivity index (χ1n) is 9.15. The zero-order chi connectivity index (χ0) is 17.9. The van der Waals surface area contributed by atoms with E-state index < -0.39 is 0 Å². The van der Waals surface area contributed by atoms with E-state index in [-0.39, 0.29) is 5.91 Å². The lowest BCUT2D eigenvalue weighted by molar-refractivity contribution is 0.0948. The number of methoxy groups -OCH3 is 1. The van der Waals surface area contributed by atoms with Crippen molar-refractivity contribution >= 4 is 22.9 Å². The standard InChI is InChI=1S/C21H24N2O2S/c1-25-11-4-10-22-21(24)14-8-9-18-17(13-14)15-5-2-6-16(15)20(23-18)19-7-3-12-26-19/h2-3,5,7-9,12-13,15-16,20,23H,4,6,10-11H2,1H3,(H,22,24). The Morgan fingerprint density at radius 2 is 2.31 bits per heavy atom. The minimum Gasteiger partial charge on any atom is -0.385 e. The second-order valence-electron chi connectivity index (χ2n) is 6.90. The van der Waals surface area contributed by atoms with Crippen molar-refractivity contribution in [1.29, 1.82) is 0 Å². The molecule has 2 aliphatic rings. The van der Waals surface area contributed by atoms with E-state index in [2.05, 4.69) is 52.4 Å². The Balaban J connectivity index is 1.55. The second-order valence-corrected chi connectivity index (χ2v) is 7.87. The third-order valence-electron chi connectivity index (χ3n) is 5.29. The molecule has 26 heavy (non-hydrogen) atoms. The Hall–Kier alpha value is -2.11. The molecule has 5 heteroatoms.